The molecule has 0 aliphatic carbocycles. The van der Waals surface area contributed by atoms with Crippen molar-refractivity contribution in [2.24, 2.45) is 0 Å². The van der Waals surface area contributed by atoms with Gasteiger partial charge < -0.3 is 19.6 Å². The lowest BCUT2D eigenvalue weighted by molar-refractivity contribution is -0.122. The third kappa shape index (κ3) is 5.13. The summed E-state index contributed by atoms with van der Waals surface area (Å²) >= 11 is 5.76. The predicted molar refractivity (Wildman–Crippen MR) is 78.2 cm³/mol. The van der Waals surface area contributed by atoms with Crippen LogP contribution in [-0.4, -0.2) is 24.2 Å². The summed E-state index contributed by atoms with van der Waals surface area (Å²) in [4.78, 5) is 11.6. The molecule has 0 spiro atoms. The van der Waals surface area contributed by atoms with Crippen LogP contribution in [0.4, 0.5) is 0 Å². The number of hydrogen-bond donors (Lipinski definition) is 2. The maximum Gasteiger partial charge on any atom is 0.223 e. The van der Waals surface area contributed by atoms with E-state index in [2.05, 4.69) is 5.32 Å². The number of amides is 1. The van der Waals surface area contributed by atoms with Crippen molar-refractivity contribution in [3.63, 3.8) is 0 Å². The molecule has 1 amide bonds. The molecule has 0 aliphatic rings. The highest BCUT2D eigenvalue weighted by molar-refractivity contribution is 6.30. The van der Waals surface area contributed by atoms with Crippen molar-refractivity contribution in [1.29, 1.82) is 0 Å². The van der Waals surface area contributed by atoms with Gasteiger partial charge in [-0.3, -0.25) is 4.79 Å². The van der Waals surface area contributed by atoms with Gasteiger partial charge in [-0.05, 0) is 36.4 Å². The molecule has 1 aromatic carbocycles. The molecule has 0 saturated carbocycles. The Hall–Kier alpha value is -1.98. The molecule has 2 aromatic rings. The Kier molecular flexibility index (Phi) is 5.66. The monoisotopic (exact) mass is 309 g/mol. The fourth-order valence-corrected chi connectivity index (χ4v) is 1.80. The number of aliphatic hydroxyl groups excluding tert-OH is 1. The SMILES string of the molecule is O=C(CCOc1ccc(Cl)cc1)NCC(O)c1ccco1. The average Bonchev–Trinajstić information content (AvgIpc) is 3.01. The van der Waals surface area contributed by atoms with Crippen LogP contribution in [-0.2, 0) is 4.79 Å². The van der Waals surface area contributed by atoms with E-state index < -0.39 is 6.10 Å². The van der Waals surface area contributed by atoms with Gasteiger partial charge in [0.25, 0.3) is 0 Å². The van der Waals surface area contributed by atoms with E-state index in [1.54, 1.807) is 36.4 Å². The number of carbonyl (C=O) groups excluding carboxylic acids is 1. The van der Waals surface area contributed by atoms with Gasteiger partial charge >= 0.3 is 0 Å². The van der Waals surface area contributed by atoms with Crippen molar-refractivity contribution in [1.82, 2.24) is 5.32 Å². The van der Waals surface area contributed by atoms with Gasteiger partial charge in [0.1, 0.15) is 17.6 Å². The zero-order valence-electron chi connectivity index (χ0n) is 11.3. The molecule has 0 radical (unpaired) electrons. The highest BCUT2D eigenvalue weighted by Gasteiger charge is 2.11. The Morgan fingerprint density at radius 1 is 1.33 bits per heavy atom. The average molecular weight is 310 g/mol. The molecule has 21 heavy (non-hydrogen) atoms. The Labute approximate surface area is 127 Å². The molecular formula is C15H16ClNO4. The molecule has 0 aliphatic heterocycles. The number of rotatable bonds is 7. The zero-order valence-corrected chi connectivity index (χ0v) is 12.0. The summed E-state index contributed by atoms with van der Waals surface area (Å²) in [6.07, 6.45) is 0.828. The molecule has 1 aromatic heterocycles. The van der Waals surface area contributed by atoms with Crippen molar-refractivity contribution < 1.29 is 19.1 Å². The maximum atomic E-state index is 11.6. The lowest BCUT2D eigenvalue weighted by Crippen LogP contribution is -2.29. The van der Waals surface area contributed by atoms with Gasteiger partial charge in [0, 0.05) is 5.02 Å². The molecule has 1 heterocycles. The molecule has 0 bridgehead atoms. The Bertz CT molecular complexity index is 554. The molecule has 1 atom stereocenters. The van der Waals surface area contributed by atoms with Crippen molar-refractivity contribution in [2.45, 2.75) is 12.5 Å². The largest absolute Gasteiger partial charge is 0.493 e. The number of carbonyl (C=O) groups is 1. The summed E-state index contributed by atoms with van der Waals surface area (Å²) in [5.74, 6) is 0.880. The molecule has 0 saturated heterocycles. The van der Waals surface area contributed by atoms with Crippen molar-refractivity contribution >= 4 is 17.5 Å². The standard InChI is InChI=1S/C15H16ClNO4/c16-11-3-5-12(6-4-11)20-9-7-15(19)17-10-13(18)14-2-1-8-21-14/h1-6,8,13,18H,7,9-10H2,(H,17,19). The van der Waals surface area contributed by atoms with E-state index >= 15 is 0 Å². The van der Waals surface area contributed by atoms with E-state index in [1.807, 2.05) is 0 Å². The Morgan fingerprint density at radius 3 is 2.76 bits per heavy atom. The topological polar surface area (TPSA) is 71.7 Å². The first-order valence-corrected chi connectivity index (χ1v) is 6.89. The van der Waals surface area contributed by atoms with Crippen molar-refractivity contribution in [3.8, 4) is 5.75 Å². The van der Waals surface area contributed by atoms with Crippen LogP contribution < -0.4 is 10.1 Å². The van der Waals surface area contributed by atoms with Crippen LogP contribution in [0.1, 0.15) is 18.3 Å². The third-order valence-electron chi connectivity index (χ3n) is 2.78. The van der Waals surface area contributed by atoms with Gasteiger partial charge in [-0.15, -0.1) is 0 Å². The van der Waals surface area contributed by atoms with E-state index in [-0.39, 0.29) is 25.5 Å². The van der Waals surface area contributed by atoms with Crippen molar-refractivity contribution in [2.75, 3.05) is 13.2 Å². The van der Waals surface area contributed by atoms with Crippen LogP contribution in [0, 0.1) is 0 Å². The minimum absolute atomic E-state index is 0.104. The van der Waals surface area contributed by atoms with Crippen LogP contribution in [0.15, 0.2) is 47.1 Å². The van der Waals surface area contributed by atoms with Crippen LogP contribution in [0.5, 0.6) is 5.75 Å². The van der Waals surface area contributed by atoms with Crippen LogP contribution in [0.2, 0.25) is 5.02 Å². The number of hydrogen-bond acceptors (Lipinski definition) is 4. The number of ether oxygens (including phenoxy) is 1. The lowest BCUT2D eigenvalue weighted by Gasteiger charge is -2.10. The summed E-state index contributed by atoms with van der Waals surface area (Å²) < 4.78 is 10.4. The molecule has 6 heteroatoms. The second kappa shape index (κ2) is 7.71. The Balaban J connectivity index is 1.64. The number of furan rings is 1. The molecule has 0 fully saturated rings. The lowest BCUT2D eigenvalue weighted by atomic mass is 10.2. The third-order valence-corrected chi connectivity index (χ3v) is 3.03. The van der Waals surface area contributed by atoms with Crippen molar-refractivity contribution in [3.05, 3.63) is 53.4 Å². The second-order valence-electron chi connectivity index (χ2n) is 4.39. The van der Waals surface area contributed by atoms with Gasteiger partial charge in [-0.2, -0.15) is 0 Å². The van der Waals surface area contributed by atoms with E-state index in [0.29, 0.717) is 16.5 Å². The summed E-state index contributed by atoms with van der Waals surface area (Å²) in [5.41, 5.74) is 0. The summed E-state index contributed by atoms with van der Waals surface area (Å²) in [6, 6.07) is 10.2. The number of benzene rings is 1. The minimum atomic E-state index is -0.846. The summed E-state index contributed by atoms with van der Waals surface area (Å²) in [5, 5.41) is 13.0. The maximum absolute atomic E-state index is 11.6. The van der Waals surface area contributed by atoms with Gasteiger partial charge in [-0.1, -0.05) is 11.6 Å². The molecule has 5 nitrogen and oxygen atoms in total. The van der Waals surface area contributed by atoms with Crippen LogP contribution in [0.3, 0.4) is 0 Å². The molecule has 112 valence electrons. The molecule has 1 unspecified atom stereocenters. The van der Waals surface area contributed by atoms with E-state index in [1.165, 1.54) is 6.26 Å². The Morgan fingerprint density at radius 2 is 2.10 bits per heavy atom. The predicted octanol–water partition coefficient (Wildman–Crippen LogP) is 2.55. The first kappa shape index (κ1) is 15.4. The van der Waals surface area contributed by atoms with Gasteiger partial charge in [0.05, 0.1) is 25.8 Å². The number of aliphatic hydroxyl groups is 1. The highest BCUT2D eigenvalue weighted by Crippen LogP contribution is 2.15. The first-order valence-electron chi connectivity index (χ1n) is 6.51. The van der Waals surface area contributed by atoms with E-state index in [4.69, 9.17) is 20.8 Å². The fraction of sp³-hybridized carbons (Fsp3) is 0.267. The molecule has 2 rings (SSSR count). The fourth-order valence-electron chi connectivity index (χ4n) is 1.67. The highest BCUT2D eigenvalue weighted by atomic mass is 35.5. The van der Waals surface area contributed by atoms with E-state index in [9.17, 15) is 9.90 Å². The van der Waals surface area contributed by atoms with Gasteiger partial charge in [0.15, 0.2) is 0 Å². The van der Waals surface area contributed by atoms with Crippen LogP contribution in [0.25, 0.3) is 0 Å². The smallest absolute Gasteiger partial charge is 0.223 e. The van der Waals surface area contributed by atoms with E-state index in [0.717, 1.165) is 0 Å². The number of nitrogens with one attached hydrogen (secondary N) is 1. The quantitative estimate of drug-likeness (QED) is 0.824. The van der Waals surface area contributed by atoms with Gasteiger partial charge in [-0.25, -0.2) is 0 Å². The second-order valence-corrected chi connectivity index (χ2v) is 4.82. The summed E-state index contributed by atoms with van der Waals surface area (Å²) in [7, 11) is 0. The molecular weight excluding hydrogens is 294 g/mol. The van der Waals surface area contributed by atoms with Gasteiger partial charge in [0.2, 0.25) is 5.91 Å². The van der Waals surface area contributed by atoms with Crippen LogP contribution >= 0.6 is 11.6 Å². The molecule has 2 N–H and O–H groups in total. The summed E-state index contributed by atoms with van der Waals surface area (Å²) in [6.45, 7) is 0.359. The normalized spacial score (nSPS) is 11.9. The minimum Gasteiger partial charge on any atom is -0.493 e. The first-order chi connectivity index (χ1) is 10.1. The zero-order chi connectivity index (χ0) is 15.1. The number of halogens is 1.